The number of carbonyl (C=O) groups excluding carboxylic acids is 2. The Morgan fingerprint density at radius 1 is 0.755 bits per heavy atom. The van der Waals surface area contributed by atoms with Gasteiger partial charge in [0, 0.05) is 22.0 Å². The number of halogens is 1. The average molecular weight is 728 g/mol. The number of carbonyl (C=O) groups is 3. The first-order valence-corrected chi connectivity index (χ1v) is 18.1. The largest absolute Gasteiger partial charge is 0.493 e. The highest BCUT2D eigenvalue weighted by Gasteiger charge is 2.24. The van der Waals surface area contributed by atoms with Crippen LogP contribution in [0, 0.1) is 0 Å². The molecule has 258 valence electrons. The van der Waals surface area contributed by atoms with E-state index in [0.717, 1.165) is 49.7 Å². The van der Waals surface area contributed by atoms with Crippen LogP contribution in [0.4, 0.5) is 5.69 Å². The lowest BCUT2D eigenvalue weighted by molar-refractivity contribution is -0.139. The molecule has 7 nitrogen and oxygen atoms in total. The molecule has 0 bridgehead atoms. The number of hydrogen-bond acceptors (Lipinski definition) is 4. The quantitative estimate of drug-likeness (QED) is 0.0835. The first kappa shape index (κ1) is 37.4. The summed E-state index contributed by atoms with van der Waals surface area (Å²) in [6, 6.07) is 26.8. The molecule has 3 N–H and O–H groups in total. The van der Waals surface area contributed by atoms with E-state index >= 15 is 0 Å². The van der Waals surface area contributed by atoms with E-state index in [-0.39, 0.29) is 23.6 Å². The Morgan fingerprint density at radius 3 is 2.14 bits per heavy atom. The Kier molecular flexibility index (Phi) is 14.9. The lowest BCUT2D eigenvalue weighted by atomic mass is 9.99. The average Bonchev–Trinajstić information content (AvgIpc) is 3.11. The van der Waals surface area contributed by atoms with Gasteiger partial charge in [0.05, 0.1) is 17.9 Å². The SMILES string of the molecule is CCCCCCOc1cc(C[C@H](NC(=O)c2cc(Br)ccc2NC(=O)c2ccc(CCCCCC)cc2)C(=O)O)ccc1-c1ccccc1. The topological polar surface area (TPSA) is 105 Å². The maximum Gasteiger partial charge on any atom is 0.326 e. The van der Waals surface area contributed by atoms with Crippen LogP contribution in [0.5, 0.6) is 5.75 Å². The van der Waals surface area contributed by atoms with Gasteiger partial charge in [-0.3, -0.25) is 9.59 Å². The number of hydrogen-bond donors (Lipinski definition) is 3. The van der Waals surface area contributed by atoms with E-state index in [1.165, 1.54) is 24.8 Å². The van der Waals surface area contributed by atoms with E-state index in [4.69, 9.17) is 4.74 Å². The summed E-state index contributed by atoms with van der Waals surface area (Å²) in [5, 5.41) is 15.7. The van der Waals surface area contributed by atoms with Crippen molar-refractivity contribution in [2.75, 3.05) is 11.9 Å². The molecule has 1 atom stereocenters. The summed E-state index contributed by atoms with van der Waals surface area (Å²) in [7, 11) is 0. The van der Waals surface area contributed by atoms with Gasteiger partial charge >= 0.3 is 5.97 Å². The maximum absolute atomic E-state index is 13.6. The van der Waals surface area contributed by atoms with Crippen molar-refractivity contribution in [3.63, 3.8) is 0 Å². The van der Waals surface area contributed by atoms with Crippen molar-refractivity contribution in [2.45, 2.75) is 84.1 Å². The second-order valence-corrected chi connectivity index (χ2v) is 13.2. The van der Waals surface area contributed by atoms with Gasteiger partial charge < -0.3 is 20.5 Å². The van der Waals surface area contributed by atoms with Gasteiger partial charge in [-0.25, -0.2) is 4.79 Å². The zero-order chi connectivity index (χ0) is 35.0. The number of ether oxygens (including phenoxy) is 1. The molecular formula is C41H47BrN2O5. The first-order chi connectivity index (χ1) is 23.8. The molecule has 0 aromatic heterocycles. The number of unbranched alkanes of at least 4 members (excludes halogenated alkanes) is 6. The van der Waals surface area contributed by atoms with Gasteiger partial charge in [0.15, 0.2) is 0 Å². The van der Waals surface area contributed by atoms with Gasteiger partial charge in [-0.15, -0.1) is 0 Å². The lowest BCUT2D eigenvalue weighted by Gasteiger charge is -2.18. The zero-order valence-electron chi connectivity index (χ0n) is 28.5. The molecule has 0 aliphatic heterocycles. The predicted octanol–water partition coefficient (Wildman–Crippen LogP) is 9.88. The maximum atomic E-state index is 13.6. The summed E-state index contributed by atoms with van der Waals surface area (Å²) >= 11 is 3.41. The van der Waals surface area contributed by atoms with Gasteiger partial charge in [0.25, 0.3) is 11.8 Å². The molecule has 4 aromatic rings. The van der Waals surface area contributed by atoms with Crippen LogP contribution in [0.1, 0.15) is 97.1 Å². The number of rotatable bonds is 19. The number of amides is 2. The summed E-state index contributed by atoms with van der Waals surface area (Å²) in [6.45, 7) is 4.91. The van der Waals surface area contributed by atoms with Crippen molar-refractivity contribution in [3.05, 3.63) is 118 Å². The molecule has 4 aromatic carbocycles. The van der Waals surface area contributed by atoms with Crippen molar-refractivity contribution >= 4 is 39.4 Å². The van der Waals surface area contributed by atoms with Gasteiger partial charge in [-0.1, -0.05) is 123 Å². The van der Waals surface area contributed by atoms with E-state index in [1.807, 2.05) is 60.7 Å². The highest BCUT2D eigenvalue weighted by Crippen LogP contribution is 2.32. The first-order valence-electron chi connectivity index (χ1n) is 17.3. The number of anilines is 1. The fraction of sp³-hybridized carbons (Fsp3) is 0.341. The highest BCUT2D eigenvalue weighted by atomic mass is 79.9. The number of nitrogens with one attached hydrogen (secondary N) is 2. The highest BCUT2D eigenvalue weighted by molar-refractivity contribution is 9.10. The van der Waals surface area contributed by atoms with Crippen molar-refractivity contribution in [2.24, 2.45) is 0 Å². The number of carboxylic acid groups (broad SMARTS) is 1. The van der Waals surface area contributed by atoms with E-state index in [1.54, 1.807) is 30.3 Å². The molecule has 4 rings (SSSR count). The number of aliphatic carboxylic acids is 1. The summed E-state index contributed by atoms with van der Waals surface area (Å²) in [6.07, 6.45) is 9.99. The number of carboxylic acids is 1. The minimum atomic E-state index is -1.22. The Balaban J connectivity index is 1.48. The Hall–Kier alpha value is -4.43. The zero-order valence-corrected chi connectivity index (χ0v) is 30.1. The van der Waals surface area contributed by atoms with E-state index in [0.29, 0.717) is 28.0 Å². The molecule has 8 heteroatoms. The molecule has 0 spiro atoms. The van der Waals surface area contributed by atoms with E-state index in [9.17, 15) is 19.5 Å². The summed E-state index contributed by atoms with van der Waals surface area (Å²) < 4.78 is 6.84. The minimum Gasteiger partial charge on any atom is -0.493 e. The van der Waals surface area contributed by atoms with Gasteiger partial charge in [0.1, 0.15) is 11.8 Å². The van der Waals surface area contributed by atoms with E-state index < -0.39 is 17.9 Å². The van der Waals surface area contributed by atoms with Crippen LogP contribution < -0.4 is 15.4 Å². The van der Waals surface area contributed by atoms with Crippen molar-refractivity contribution in [1.82, 2.24) is 5.32 Å². The molecule has 0 unspecified atom stereocenters. The molecule has 49 heavy (non-hydrogen) atoms. The molecule has 0 saturated heterocycles. The van der Waals surface area contributed by atoms with Gasteiger partial charge in [-0.2, -0.15) is 0 Å². The van der Waals surface area contributed by atoms with Crippen LogP contribution in [0.15, 0.2) is 95.5 Å². The molecule has 0 radical (unpaired) electrons. The summed E-state index contributed by atoms with van der Waals surface area (Å²) in [4.78, 5) is 39.2. The van der Waals surface area contributed by atoms with Crippen LogP contribution in [0.25, 0.3) is 11.1 Å². The normalized spacial score (nSPS) is 11.5. The fourth-order valence-electron chi connectivity index (χ4n) is 5.64. The number of benzene rings is 4. The molecule has 0 aliphatic carbocycles. The fourth-order valence-corrected chi connectivity index (χ4v) is 6.00. The second kappa shape index (κ2) is 19.5. The Bertz CT molecular complexity index is 1670. The molecule has 0 heterocycles. The van der Waals surface area contributed by atoms with Crippen LogP contribution in [0.2, 0.25) is 0 Å². The smallest absolute Gasteiger partial charge is 0.326 e. The minimum absolute atomic E-state index is 0.0445. The monoisotopic (exact) mass is 726 g/mol. The lowest BCUT2D eigenvalue weighted by Crippen LogP contribution is -2.42. The van der Waals surface area contributed by atoms with Crippen LogP contribution in [-0.4, -0.2) is 35.5 Å². The summed E-state index contributed by atoms with van der Waals surface area (Å²) in [5.74, 6) is -1.46. The molecule has 0 aliphatic rings. The van der Waals surface area contributed by atoms with Gasteiger partial charge in [0.2, 0.25) is 0 Å². The van der Waals surface area contributed by atoms with Crippen molar-refractivity contribution < 1.29 is 24.2 Å². The van der Waals surface area contributed by atoms with Crippen LogP contribution >= 0.6 is 15.9 Å². The molecule has 0 saturated carbocycles. The standard InChI is InChI=1S/C41H47BrN2O5/c1-3-5-7-10-14-29-17-20-32(21-18-29)39(45)43-36-24-22-33(42)28-35(36)40(46)44-37(41(47)48)26-30-19-23-34(31-15-11-9-12-16-31)38(27-30)49-25-13-8-6-4-2/h9,11-12,15-24,27-28,37H,3-8,10,13-14,25-26H2,1-2H3,(H,43,45)(H,44,46)(H,47,48)/t37-/m0/s1. The Labute approximate surface area is 298 Å². The number of aryl methyl sites for hydroxylation is 1. The van der Waals surface area contributed by atoms with Crippen LogP contribution in [0.3, 0.4) is 0 Å². The van der Waals surface area contributed by atoms with E-state index in [2.05, 4.69) is 40.4 Å². The molecule has 0 fully saturated rings. The molecule has 2 amide bonds. The van der Waals surface area contributed by atoms with Crippen molar-refractivity contribution in [1.29, 1.82) is 0 Å². The Morgan fingerprint density at radius 2 is 1.45 bits per heavy atom. The molecular weight excluding hydrogens is 680 g/mol. The third-order valence-corrected chi connectivity index (χ3v) is 8.93. The van der Waals surface area contributed by atoms with Crippen molar-refractivity contribution in [3.8, 4) is 16.9 Å². The van der Waals surface area contributed by atoms with Gasteiger partial charge in [-0.05, 0) is 72.4 Å². The van der Waals surface area contributed by atoms with Crippen LogP contribution in [-0.2, 0) is 17.6 Å². The third kappa shape index (κ3) is 11.6. The predicted molar refractivity (Wildman–Crippen MR) is 200 cm³/mol. The third-order valence-electron chi connectivity index (χ3n) is 8.44. The summed E-state index contributed by atoms with van der Waals surface area (Å²) in [5.41, 5.74) is 4.72. The second-order valence-electron chi connectivity index (χ2n) is 12.3.